The summed E-state index contributed by atoms with van der Waals surface area (Å²) in [6, 6.07) is 5.52. The molecule has 9 nitrogen and oxygen atoms in total. The summed E-state index contributed by atoms with van der Waals surface area (Å²) >= 11 is 1.27. The van der Waals surface area contributed by atoms with Crippen molar-refractivity contribution in [3.05, 3.63) is 57.7 Å². The van der Waals surface area contributed by atoms with E-state index in [0.717, 1.165) is 35.5 Å². The first-order valence-corrected chi connectivity index (χ1v) is 12.5. The maximum absolute atomic E-state index is 14.0. The Bertz CT molecular complexity index is 1610. The lowest BCUT2D eigenvalue weighted by Crippen LogP contribution is -2.17. The zero-order valence-electron chi connectivity index (χ0n) is 19.8. The second-order valence-electron chi connectivity index (χ2n) is 8.62. The number of nitrogens with zero attached hydrogens (tertiary/aromatic N) is 3. The maximum Gasteiger partial charge on any atom is 0.433 e. The number of nitrogens with one attached hydrogen (secondary N) is 1. The first-order chi connectivity index (χ1) is 18.2. The molecule has 4 aromatic rings. The topological polar surface area (TPSA) is 104 Å². The fourth-order valence-corrected chi connectivity index (χ4v) is 5.88. The summed E-state index contributed by atoms with van der Waals surface area (Å²) in [6.45, 7) is 1.85. The number of amides is 1. The maximum atomic E-state index is 14.0. The van der Waals surface area contributed by atoms with Crippen LogP contribution in [0, 0.1) is 0 Å². The van der Waals surface area contributed by atoms with Crippen LogP contribution in [0.5, 0.6) is 11.5 Å². The Labute approximate surface area is 217 Å². The van der Waals surface area contributed by atoms with E-state index in [1.165, 1.54) is 17.4 Å². The number of halogens is 3. The number of fused-ring (bicyclic) bond motifs is 3. The summed E-state index contributed by atoms with van der Waals surface area (Å²) in [5, 5.41) is 6.80. The van der Waals surface area contributed by atoms with Crippen LogP contribution in [0.3, 0.4) is 0 Å². The van der Waals surface area contributed by atoms with Crippen LogP contribution in [0.4, 0.5) is 18.2 Å². The van der Waals surface area contributed by atoms with E-state index in [4.69, 9.17) is 14.2 Å². The molecule has 1 N–H and O–H groups in total. The molecule has 3 aromatic heterocycles. The smallest absolute Gasteiger partial charge is 0.433 e. The average Bonchev–Trinajstić information content (AvgIpc) is 3.65. The minimum atomic E-state index is -4.78. The molecule has 6 rings (SSSR count). The van der Waals surface area contributed by atoms with Crippen molar-refractivity contribution in [1.29, 1.82) is 0 Å². The number of rotatable bonds is 5. The summed E-state index contributed by atoms with van der Waals surface area (Å²) in [6.07, 6.45) is -1.40. The fraction of sp³-hybridized carbons (Fsp3) is 0.280. The van der Waals surface area contributed by atoms with Crippen molar-refractivity contribution in [2.45, 2.75) is 32.4 Å². The molecule has 38 heavy (non-hydrogen) atoms. The van der Waals surface area contributed by atoms with Gasteiger partial charge in [-0.15, -0.1) is 11.3 Å². The number of hydrogen-bond donors (Lipinski definition) is 1. The molecule has 0 atom stereocenters. The van der Waals surface area contributed by atoms with Gasteiger partial charge in [-0.2, -0.15) is 18.3 Å². The number of benzene rings is 1. The van der Waals surface area contributed by atoms with Gasteiger partial charge in [0, 0.05) is 10.4 Å². The number of hydrogen-bond acceptors (Lipinski definition) is 8. The number of aryl methyl sites for hydroxylation is 1. The van der Waals surface area contributed by atoms with Crippen LogP contribution in [0.25, 0.3) is 16.9 Å². The first kappa shape index (κ1) is 24.2. The third-order valence-electron chi connectivity index (χ3n) is 6.30. The van der Waals surface area contributed by atoms with E-state index in [-0.39, 0.29) is 30.3 Å². The third-order valence-corrected chi connectivity index (χ3v) is 7.51. The van der Waals surface area contributed by atoms with Crippen LogP contribution in [0.2, 0.25) is 0 Å². The molecule has 0 bridgehead atoms. The second-order valence-corrected chi connectivity index (χ2v) is 9.73. The SMILES string of the molecule is CCOC(=O)c1c(NC(=O)c2cnn3c(C(F)(F)F)cc(-c4ccc5c(c4)OCO5)nc23)sc2c1CCC2. The van der Waals surface area contributed by atoms with Crippen molar-refractivity contribution in [3.63, 3.8) is 0 Å². The average molecular weight is 545 g/mol. The predicted octanol–water partition coefficient (Wildman–Crippen LogP) is 5.12. The Hall–Kier alpha value is -4.13. The molecule has 0 spiro atoms. The Morgan fingerprint density at radius 1 is 1.18 bits per heavy atom. The molecule has 1 aromatic carbocycles. The molecule has 0 saturated heterocycles. The van der Waals surface area contributed by atoms with Gasteiger partial charge >= 0.3 is 12.1 Å². The lowest BCUT2D eigenvalue weighted by atomic mass is 10.1. The molecule has 0 fully saturated rings. The van der Waals surface area contributed by atoms with Gasteiger partial charge in [0.1, 0.15) is 10.6 Å². The molecule has 2 aliphatic rings. The number of thiophene rings is 1. The van der Waals surface area contributed by atoms with Gasteiger partial charge < -0.3 is 19.5 Å². The molecular formula is C25H19F3N4O5S. The second kappa shape index (κ2) is 9.01. The van der Waals surface area contributed by atoms with Crippen molar-refractivity contribution < 1.29 is 37.0 Å². The molecule has 1 amide bonds. The van der Waals surface area contributed by atoms with Gasteiger partial charge in [-0.05, 0) is 56.0 Å². The van der Waals surface area contributed by atoms with Gasteiger partial charge in [0.25, 0.3) is 5.91 Å². The third kappa shape index (κ3) is 4.02. The molecular weight excluding hydrogens is 525 g/mol. The van der Waals surface area contributed by atoms with E-state index < -0.39 is 23.7 Å². The Kier molecular flexibility index (Phi) is 5.74. The van der Waals surface area contributed by atoms with Crippen LogP contribution in [-0.4, -0.2) is 39.9 Å². The van der Waals surface area contributed by atoms with Crippen molar-refractivity contribution in [1.82, 2.24) is 14.6 Å². The minimum Gasteiger partial charge on any atom is -0.462 e. The number of esters is 1. The predicted molar refractivity (Wildman–Crippen MR) is 130 cm³/mol. The lowest BCUT2D eigenvalue weighted by molar-refractivity contribution is -0.142. The molecule has 0 radical (unpaired) electrons. The number of carbonyl (C=O) groups excluding carboxylic acids is 2. The highest BCUT2D eigenvalue weighted by Gasteiger charge is 2.36. The number of aromatic nitrogens is 3. The Morgan fingerprint density at radius 3 is 2.79 bits per heavy atom. The largest absolute Gasteiger partial charge is 0.462 e. The van der Waals surface area contributed by atoms with Crippen molar-refractivity contribution >= 4 is 33.9 Å². The minimum absolute atomic E-state index is 0.00588. The van der Waals surface area contributed by atoms with E-state index >= 15 is 0 Å². The Morgan fingerprint density at radius 2 is 2.00 bits per heavy atom. The van der Waals surface area contributed by atoms with E-state index in [9.17, 15) is 22.8 Å². The standard InChI is InChI=1S/C25H19F3N4O5S/c1-2-35-24(34)20-13-4-3-5-18(13)38-23(20)31-22(33)14-10-29-32-19(25(26,27)28)9-15(30-21(14)32)12-6-7-16-17(8-12)37-11-36-16/h6-10H,2-5,11H2,1H3,(H,31,33). The Balaban J connectivity index is 1.43. The zero-order valence-corrected chi connectivity index (χ0v) is 20.7. The summed E-state index contributed by atoms with van der Waals surface area (Å²) in [4.78, 5) is 31.3. The van der Waals surface area contributed by atoms with E-state index in [1.54, 1.807) is 19.1 Å². The molecule has 196 valence electrons. The number of anilines is 1. The molecule has 13 heteroatoms. The highest BCUT2D eigenvalue weighted by atomic mass is 32.1. The first-order valence-electron chi connectivity index (χ1n) is 11.7. The van der Waals surface area contributed by atoms with Gasteiger partial charge in [-0.1, -0.05) is 0 Å². The summed E-state index contributed by atoms with van der Waals surface area (Å²) in [5.74, 6) is -0.449. The van der Waals surface area contributed by atoms with Crippen LogP contribution in [-0.2, 0) is 23.8 Å². The summed E-state index contributed by atoms with van der Waals surface area (Å²) in [7, 11) is 0. The highest BCUT2D eigenvalue weighted by molar-refractivity contribution is 7.17. The summed E-state index contributed by atoms with van der Waals surface area (Å²) < 4.78 is 58.4. The van der Waals surface area contributed by atoms with Gasteiger partial charge in [-0.3, -0.25) is 4.79 Å². The molecule has 1 aliphatic carbocycles. The van der Waals surface area contributed by atoms with Gasteiger partial charge in [0.15, 0.2) is 22.8 Å². The van der Waals surface area contributed by atoms with E-state index in [2.05, 4.69) is 15.4 Å². The van der Waals surface area contributed by atoms with Crippen LogP contribution in [0.1, 0.15) is 50.2 Å². The summed E-state index contributed by atoms with van der Waals surface area (Å²) in [5.41, 5.74) is -0.121. The monoisotopic (exact) mass is 544 g/mol. The number of carbonyl (C=O) groups is 2. The normalized spacial score (nSPS) is 14.1. The van der Waals surface area contributed by atoms with Crippen LogP contribution < -0.4 is 14.8 Å². The number of alkyl halides is 3. The highest BCUT2D eigenvalue weighted by Crippen LogP contribution is 2.41. The van der Waals surface area contributed by atoms with Crippen molar-refractivity contribution in [2.75, 3.05) is 18.7 Å². The van der Waals surface area contributed by atoms with Crippen molar-refractivity contribution in [3.8, 4) is 22.8 Å². The van der Waals surface area contributed by atoms with Gasteiger partial charge in [-0.25, -0.2) is 14.3 Å². The number of ether oxygens (including phenoxy) is 3. The molecule has 0 saturated carbocycles. The molecule has 0 unspecified atom stereocenters. The van der Waals surface area contributed by atoms with E-state index in [1.807, 2.05) is 0 Å². The fourth-order valence-electron chi connectivity index (χ4n) is 4.61. The van der Waals surface area contributed by atoms with Gasteiger partial charge in [0.2, 0.25) is 6.79 Å². The molecule has 4 heterocycles. The van der Waals surface area contributed by atoms with Crippen LogP contribution >= 0.6 is 11.3 Å². The van der Waals surface area contributed by atoms with Gasteiger partial charge in [0.05, 0.1) is 24.1 Å². The quantitative estimate of drug-likeness (QED) is 0.348. The van der Waals surface area contributed by atoms with Crippen LogP contribution in [0.15, 0.2) is 30.5 Å². The van der Waals surface area contributed by atoms with Crippen molar-refractivity contribution in [2.24, 2.45) is 0 Å². The molecule has 1 aliphatic heterocycles. The van der Waals surface area contributed by atoms with E-state index in [0.29, 0.717) is 38.6 Å². The lowest BCUT2D eigenvalue weighted by Gasteiger charge is -2.12. The zero-order chi connectivity index (χ0) is 26.6.